The number of hydrogen-bond acceptors (Lipinski definition) is 3. The van der Waals surface area contributed by atoms with Crippen molar-refractivity contribution < 1.29 is 9.18 Å². The van der Waals surface area contributed by atoms with Crippen molar-refractivity contribution in [3.05, 3.63) is 52.8 Å². The fourth-order valence-corrected chi connectivity index (χ4v) is 3.38. The molecule has 0 aliphatic rings. The van der Waals surface area contributed by atoms with Crippen molar-refractivity contribution in [2.24, 2.45) is 0 Å². The van der Waals surface area contributed by atoms with Crippen molar-refractivity contribution in [2.45, 2.75) is 33.1 Å². The molecule has 0 aliphatic carbocycles. The third kappa shape index (κ3) is 3.89. The first-order valence-corrected chi connectivity index (χ1v) is 9.27. The van der Waals surface area contributed by atoms with Crippen molar-refractivity contribution in [2.75, 3.05) is 6.67 Å². The fourth-order valence-electron chi connectivity index (χ4n) is 3.00. The number of halogens is 2. The lowest BCUT2D eigenvalue weighted by Crippen LogP contribution is -1.99. The maximum Gasteiger partial charge on any atom is 0.196 e. The summed E-state index contributed by atoms with van der Waals surface area (Å²) in [5.74, 6) is 0. The summed E-state index contributed by atoms with van der Waals surface area (Å²) >= 11 is 1.81. The Hall–Kier alpha value is -1.83. The van der Waals surface area contributed by atoms with Gasteiger partial charge < -0.3 is 0 Å². The Balaban J connectivity index is 2.11. The first kappa shape index (κ1) is 18.0. The summed E-state index contributed by atoms with van der Waals surface area (Å²) in [6.45, 7) is 3.61. The fraction of sp³-hybridized carbons (Fsp3) is 0.316. The van der Waals surface area contributed by atoms with E-state index in [0.29, 0.717) is 12.8 Å². The molecule has 0 saturated carbocycles. The molecule has 2 heterocycles. The normalized spacial score (nSPS) is 11.2. The Kier molecular flexibility index (Phi) is 5.46. The molecule has 0 unspecified atom stereocenters. The van der Waals surface area contributed by atoms with Gasteiger partial charge in [-0.1, -0.05) is 24.3 Å². The quantitative estimate of drug-likeness (QED) is 0.412. The number of benzene rings is 1. The number of fused-ring (bicyclic) bond motifs is 1. The summed E-state index contributed by atoms with van der Waals surface area (Å²) in [5, 5.41) is 4.71. The second-order valence-corrected chi connectivity index (χ2v) is 7.33. The molecule has 0 atom stereocenters. The topological polar surface area (TPSA) is 47.3 Å². The number of nitrogens with zero attached hydrogens (tertiary/aromatic N) is 3. The average Bonchev–Trinajstić information content (AvgIpc) is 2.92. The molecular formula is C19H19FIN3O. The van der Waals surface area contributed by atoms with E-state index < -0.39 is 0 Å². The lowest BCUT2D eigenvalue weighted by atomic mass is 10.0. The Morgan fingerprint density at radius 1 is 1.24 bits per heavy atom. The highest BCUT2D eigenvalue weighted by Gasteiger charge is 2.19. The average molecular weight is 451 g/mol. The van der Waals surface area contributed by atoms with Gasteiger partial charge in [0.25, 0.3) is 0 Å². The summed E-state index contributed by atoms with van der Waals surface area (Å²) < 4.78 is 14.2. The zero-order chi connectivity index (χ0) is 18.0. The molecule has 6 heteroatoms. The summed E-state index contributed by atoms with van der Waals surface area (Å²) in [4.78, 5) is 16.4. The van der Waals surface area contributed by atoms with Crippen LogP contribution in [0.4, 0.5) is 4.39 Å². The van der Waals surface area contributed by atoms with Crippen molar-refractivity contribution >= 4 is 32.0 Å². The van der Waals surface area contributed by atoms with Gasteiger partial charge >= 0.3 is 0 Å². The highest BCUT2D eigenvalue weighted by atomic mass is 127. The lowest BCUT2D eigenvalue weighted by molar-refractivity contribution is -0.108. The molecule has 0 N–H and O–H groups in total. The van der Waals surface area contributed by atoms with Crippen LogP contribution in [0.1, 0.15) is 28.9 Å². The van der Waals surface area contributed by atoms with Gasteiger partial charge in [0.15, 0.2) is 9.44 Å². The van der Waals surface area contributed by atoms with Crippen LogP contribution in [0.15, 0.2) is 30.3 Å². The van der Waals surface area contributed by atoms with Crippen LogP contribution in [0, 0.1) is 13.8 Å². The molecule has 0 spiro atoms. The van der Waals surface area contributed by atoms with Crippen LogP contribution in [-0.4, -0.2) is 25.1 Å². The molecule has 0 radical (unpaired) electrons. The monoisotopic (exact) mass is 451 g/mol. The van der Waals surface area contributed by atoms with E-state index in [1.165, 1.54) is 0 Å². The maximum absolute atomic E-state index is 12.3. The second kappa shape index (κ2) is 7.59. The van der Waals surface area contributed by atoms with E-state index in [1.54, 1.807) is 4.52 Å². The van der Waals surface area contributed by atoms with E-state index in [1.807, 2.05) is 66.8 Å². The number of alkyl halides is 1. The van der Waals surface area contributed by atoms with Gasteiger partial charge in [0, 0.05) is 28.9 Å². The Morgan fingerprint density at radius 3 is 2.60 bits per heavy atom. The summed E-state index contributed by atoms with van der Waals surface area (Å²) in [5.41, 5.74) is 6.29. The standard InChI is InChI=1S/C19H19FIN3O/c1-12-10-13(2)24-19(22-12)16(11-17(21)25)18(23-24)15-7-5-14(6-8-15)4-3-9-20/h5-8,10H,3-4,9,11H2,1-2H3. The van der Waals surface area contributed by atoms with Gasteiger partial charge in [0.05, 0.1) is 12.4 Å². The number of carbonyl (C=O) groups excluding carboxylic acids is 1. The van der Waals surface area contributed by atoms with Crippen molar-refractivity contribution in [1.82, 2.24) is 14.6 Å². The van der Waals surface area contributed by atoms with E-state index in [2.05, 4.69) is 4.98 Å². The van der Waals surface area contributed by atoms with Crippen molar-refractivity contribution in [1.29, 1.82) is 0 Å². The first-order chi connectivity index (χ1) is 12.0. The van der Waals surface area contributed by atoms with Gasteiger partial charge in [0.1, 0.15) is 0 Å². The summed E-state index contributed by atoms with van der Waals surface area (Å²) in [6, 6.07) is 9.93. The van der Waals surface area contributed by atoms with Crippen LogP contribution in [0.25, 0.3) is 16.9 Å². The highest BCUT2D eigenvalue weighted by molar-refractivity contribution is 14.1. The summed E-state index contributed by atoms with van der Waals surface area (Å²) in [6.07, 6.45) is 1.55. The zero-order valence-corrected chi connectivity index (χ0v) is 16.4. The minimum absolute atomic E-state index is 0.0503. The molecule has 4 nitrogen and oxygen atoms in total. The van der Waals surface area contributed by atoms with E-state index in [4.69, 9.17) is 5.10 Å². The maximum atomic E-state index is 12.3. The highest BCUT2D eigenvalue weighted by Crippen LogP contribution is 2.28. The molecule has 0 bridgehead atoms. The first-order valence-electron chi connectivity index (χ1n) is 8.19. The number of aromatic nitrogens is 3. The zero-order valence-electron chi connectivity index (χ0n) is 14.2. The van der Waals surface area contributed by atoms with E-state index >= 15 is 0 Å². The van der Waals surface area contributed by atoms with Gasteiger partial charge in [-0.25, -0.2) is 9.50 Å². The van der Waals surface area contributed by atoms with Crippen LogP contribution in [0.3, 0.4) is 0 Å². The number of rotatable bonds is 6. The molecule has 0 amide bonds. The van der Waals surface area contributed by atoms with Crippen LogP contribution in [0.2, 0.25) is 0 Å². The predicted octanol–water partition coefficient (Wildman–Crippen LogP) is 4.42. The molecule has 25 heavy (non-hydrogen) atoms. The SMILES string of the molecule is Cc1cc(C)n2nc(-c3ccc(CCCF)cc3)c(CC(=O)I)c2n1. The second-order valence-electron chi connectivity index (χ2n) is 6.12. The van der Waals surface area contributed by atoms with E-state index in [0.717, 1.165) is 45.8 Å². The molecule has 130 valence electrons. The molecule has 2 aromatic heterocycles. The third-order valence-corrected chi connectivity index (χ3v) is 4.51. The molecule has 0 saturated heterocycles. The lowest BCUT2D eigenvalue weighted by Gasteiger charge is -2.03. The molecule has 0 aliphatic heterocycles. The minimum Gasteiger partial charge on any atom is -0.287 e. The minimum atomic E-state index is -0.305. The van der Waals surface area contributed by atoms with Gasteiger partial charge in [-0.2, -0.15) is 5.10 Å². The van der Waals surface area contributed by atoms with Crippen LogP contribution in [-0.2, 0) is 17.6 Å². The van der Waals surface area contributed by atoms with Gasteiger partial charge in [0.2, 0.25) is 0 Å². The van der Waals surface area contributed by atoms with Crippen LogP contribution in [0.5, 0.6) is 0 Å². The third-order valence-electron chi connectivity index (χ3n) is 4.13. The number of aryl methyl sites for hydroxylation is 3. The molecule has 3 aromatic rings. The molecule has 0 fully saturated rings. The Labute approximate surface area is 159 Å². The van der Waals surface area contributed by atoms with Crippen molar-refractivity contribution in [3.63, 3.8) is 0 Å². The molecular weight excluding hydrogens is 432 g/mol. The molecule has 1 aromatic carbocycles. The number of hydrogen-bond donors (Lipinski definition) is 0. The Morgan fingerprint density at radius 2 is 1.96 bits per heavy atom. The number of carbonyl (C=O) groups is 1. The summed E-state index contributed by atoms with van der Waals surface area (Å²) in [7, 11) is 0. The Bertz CT molecular complexity index is 919. The van der Waals surface area contributed by atoms with Crippen molar-refractivity contribution in [3.8, 4) is 11.3 Å². The van der Waals surface area contributed by atoms with Gasteiger partial charge in [-0.3, -0.25) is 9.18 Å². The smallest absolute Gasteiger partial charge is 0.196 e. The predicted molar refractivity (Wildman–Crippen MR) is 105 cm³/mol. The van der Waals surface area contributed by atoms with Gasteiger partial charge in [-0.05, 0) is 60.9 Å². The molecule has 3 rings (SSSR count). The van der Waals surface area contributed by atoms with E-state index in [9.17, 15) is 9.18 Å². The van der Waals surface area contributed by atoms with E-state index in [-0.39, 0.29) is 10.5 Å². The largest absolute Gasteiger partial charge is 0.287 e. The van der Waals surface area contributed by atoms with Crippen LogP contribution >= 0.6 is 22.6 Å². The van der Waals surface area contributed by atoms with Gasteiger partial charge in [-0.15, -0.1) is 0 Å². The van der Waals surface area contributed by atoms with Crippen LogP contribution < -0.4 is 0 Å².